The Labute approximate surface area is 127 Å². The molecule has 0 amide bonds. The lowest BCUT2D eigenvalue weighted by molar-refractivity contribution is -0.141. The lowest BCUT2D eigenvalue weighted by atomic mass is 10.2. The molecular formula is C12H7Cl2F3N2S. The minimum absolute atomic E-state index is 0.173. The van der Waals surface area contributed by atoms with Crippen LogP contribution in [0.5, 0.6) is 0 Å². The van der Waals surface area contributed by atoms with Gasteiger partial charge in [0.25, 0.3) is 0 Å². The lowest BCUT2D eigenvalue weighted by Crippen LogP contribution is -2.09. The van der Waals surface area contributed by atoms with E-state index in [1.807, 2.05) is 0 Å². The molecule has 0 saturated carbocycles. The molecule has 0 aliphatic heterocycles. The van der Waals surface area contributed by atoms with Gasteiger partial charge in [-0.3, -0.25) is 0 Å². The van der Waals surface area contributed by atoms with Crippen LogP contribution in [0.4, 0.5) is 13.2 Å². The third-order valence-electron chi connectivity index (χ3n) is 2.27. The molecule has 0 atom stereocenters. The van der Waals surface area contributed by atoms with Crippen LogP contribution in [0.1, 0.15) is 11.3 Å². The van der Waals surface area contributed by atoms with Gasteiger partial charge in [-0.1, -0.05) is 23.7 Å². The van der Waals surface area contributed by atoms with Gasteiger partial charge in [0.05, 0.1) is 0 Å². The number of halogens is 5. The Morgan fingerprint density at radius 1 is 1.05 bits per heavy atom. The van der Waals surface area contributed by atoms with Crippen LogP contribution >= 0.6 is 35.0 Å². The van der Waals surface area contributed by atoms with Crippen LogP contribution in [0.3, 0.4) is 0 Å². The molecule has 0 bridgehead atoms. The minimum atomic E-state index is -4.54. The molecule has 0 unspecified atom stereocenters. The summed E-state index contributed by atoms with van der Waals surface area (Å²) in [7, 11) is 0. The Hall–Kier alpha value is -0.980. The quantitative estimate of drug-likeness (QED) is 0.442. The van der Waals surface area contributed by atoms with Gasteiger partial charge in [0.15, 0.2) is 5.69 Å². The van der Waals surface area contributed by atoms with Crippen LogP contribution in [0.2, 0.25) is 10.3 Å². The van der Waals surface area contributed by atoms with Crippen molar-refractivity contribution in [2.45, 2.75) is 17.0 Å². The van der Waals surface area contributed by atoms with Crippen molar-refractivity contribution in [3.8, 4) is 0 Å². The summed E-state index contributed by atoms with van der Waals surface area (Å²) in [4.78, 5) is 6.94. The Balaban J connectivity index is 2.13. The molecule has 2 nitrogen and oxygen atoms in total. The second kappa shape index (κ2) is 6.20. The molecule has 8 heteroatoms. The van der Waals surface area contributed by atoms with Crippen molar-refractivity contribution in [3.05, 3.63) is 51.9 Å². The van der Waals surface area contributed by atoms with Gasteiger partial charge in [-0.25, -0.2) is 9.97 Å². The van der Waals surface area contributed by atoms with E-state index in [4.69, 9.17) is 23.2 Å². The lowest BCUT2D eigenvalue weighted by Gasteiger charge is -2.08. The van der Waals surface area contributed by atoms with E-state index in [0.717, 1.165) is 23.4 Å². The van der Waals surface area contributed by atoms with Crippen molar-refractivity contribution < 1.29 is 13.2 Å². The normalized spacial score (nSPS) is 11.7. The number of aromatic nitrogens is 2. The molecule has 1 aromatic heterocycles. The Kier molecular flexibility index (Phi) is 4.78. The molecule has 0 spiro atoms. The number of hydrogen-bond acceptors (Lipinski definition) is 3. The summed E-state index contributed by atoms with van der Waals surface area (Å²) < 4.78 is 37.7. The van der Waals surface area contributed by atoms with E-state index < -0.39 is 17.2 Å². The molecule has 2 aromatic rings. The summed E-state index contributed by atoms with van der Waals surface area (Å²) in [5.41, 5.74) is -0.126. The maximum atomic E-state index is 12.6. The summed E-state index contributed by atoms with van der Waals surface area (Å²) in [6.45, 7) is 0. The van der Waals surface area contributed by atoms with E-state index in [1.54, 1.807) is 24.3 Å². The van der Waals surface area contributed by atoms with E-state index in [0.29, 0.717) is 10.8 Å². The molecule has 0 aliphatic rings. The number of nitrogens with zero attached hydrogens (tertiary/aromatic N) is 2. The predicted octanol–water partition coefficient (Wildman–Crippen LogP) is 5.09. The molecule has 0 fully saturated rings. The van der Waals surface area contributed by atoms with E-state index in [2.05, 4.69) is 9.97 Å². The maximum Gasteiger partial charge on any atom is 0.433 e. The van der Waals surface area contributed by atoms with Crippen molar-refractivity contribution in [2.24, 2.45) is 0 Å². The number of thioether (sulfide) groups is 1. The van der Waals surface area contributed by atoms with Gasteiger partial charge in [-0.2, -0.15) is 13.2 Å². The van der Waals surface area contributed by atoms with Gasteiger partial charge < -0.3 is 0 Å². The van der Waals surface area contributed by atoms with Crippen LogP contribution in [-0.4, -0.2) is 9.97 Å². The number of alkyl halides is 3. The first kappa shape index (κ1) is 15.4. The van der Waals surface area contributed by atoms with Gasteiger partial charge in [-0.15, -0.1) is 11.8 Å². The molecule has 0 aliphatic carbocycles. The van der Waals surface area contributed by atoms with E-state index in [-0.39, 0.29) is 5.03 Å². The molecule has 0 saturated heterocycles. The van der Waals surface area contributed by atoms with E-state index >= 15 is 0 Å². The summed E-state index contributed by atoms with van der Waals surface area (Å²) in [6.07, 6.45) is -4.54. The highest BCUT2D eigenvalue weighted by atomic mass is 35.5. The van der Waals surface area contributed by atoms with Gasteiger partial charge in [0.2, 0.25) is 5.28 Å². The van der Waals surface area contributed by atoms with Gasteiger partial charge >= 0.3 is 6.18 Å². The highest BCUT2D eigenvalue weighted by Crippen LogP contribution is 2.31. The van der Waals surface area contributed by atoms with Gasteiger partial charge in [0, 0.05) is 16.8 Å². The number of rotatable bonds is 3. The maximum absolute atomic E-state index is 12.6. The first-order chi connectivity index (χ1) is 9.34. The second-order valence-corrected chi connectivity index (χ2v) is 5.54. The van der Waals surface area contributed by atoms with Crippen LogP contribution in [-0.2, 0) is 11.9 Å². The molecule has 1 aromatic carbocycles. The van der Waals surface area contributed by atoms with Crippen LogP contribution in [0, 0.1) is 0 Å². The first-order valence-corrected chi connectivity index (χ1v) is 7.08. The van der Waals surface area contributed by atoms with Crippen molar-refractivity contribution in [3.63, 3.8) is 0 Å². The Morgan fingerprint density at radius 3 is 2.30 bits per heavy atom. The highest BCUT2D eigenvalue weighted by Gasteiger charge is 2.33. The fraction of sp³-hybridized carbons (Fsp3) is 0.167. The van der Waals surface area contributed by atoms with Crippen molar-refractivity contribution in [2.75, 3.05) is 0 Å². The van der Waals surface area contributed by atoms with Crippen LogP contribution < -0.4 is 0 Å². The zero-order valence-corrected chi connectivity index (χ0v) is 12.1. The minimum Gasteiger partial charge on any atom is -0.213 e. The third-order valence-corrected chi connectivity index (χ3v) is 3.67. The monoisotopic (exact) mass is 338 g/mol. The highest BCUT2D eigenvalue weighted by molar-refractivity contribution is 7.98. The fourth-order valence-electron chi connectivity index (χ4n) is 1.35. The number of benzene rings is 1. The van der Waals surface area contributed by atoms with Crippen LogP contribution in [0.25, 0.3) is 0 Å². The van der Waals surface area contributed by atoms with Crippen molar-refractivity contribution in [1.82, 2.24) is 9.97 Å². The molecule has 0 radical (unpaired) electrons. The summed E-state index contributed by atoms with van der Waals surface area (Å²) in [5, 5.41) is 0.355. The van der Waals surface area contributed by atoms with Crippen LogP contribution in [0.15, 0.2) is 35.4 Å². The van der Waals surface area contributed by atoms with E-state index in [9.17, 15) is 13.2 Å². The van der Waals surface area contributed by atoms with Gasteiger partial charge in [0.1, 0.15) is 5.03 Å². The van der Waals surface area contributed by atoms with E-state index in [1.165, 1.54) is 0 Å². The Morgan fingerprint density at radius 2 is 1.70 bits per heavy atom. The predicted molar refractivity (Wildman–Crippen MR) is 73.1 cm³/mol. The first-order valence-electron chi connectivity index (χ1n) is 5.33. The average Bonchev–Trinajstić information content (AvgIpc) is 2.36. The zero-order valence-electron chi connectivity index (χ0n) is 9.79. The molecule has 2 rings (SSSR count). The topological polar surface area (TPSA) is 25.8 Å². The summed E-state index contributed by atoms with van der Waals surface area (Å²) in [5.74, 6) is 0.460. The Bertz CT molecular complexity index is 603. The second-order valence-electron chi connectivity index (χ2n) is 3.77. The smallest absolute Gasteiger partial charge is 0.213 e. The fourth-order valence-corrected chi connectivity index (χ4v) is 2.57. The molecular weight excluding hydrogens is 332 g/mol. The SMILES string of the molecule is FC(F)(F)c1cc(SCc2ccc(Cl)cc2)nc(Cl)n1. The summed E-state index contributed by atoms with van der Waals surface area (Å²) >= 11 is 12.4. The molecule has 1 heterocycles. The molecule has 0 N–H and O–H groups in total. The largest absolute Gasteiger partial charge is 0.433 e. The van der Waals surface area contributed by atoms with Gasteiger partial charge in [-0.05, 0) is 29.3 Å². The third kappa shape index (κ3) is 4.26. The molecule has 106 valence electrons. The van der Waals surface area contributed by atoms with Crippen molar-refractivity contribution in [1.29, 1.82) is 0 Å². The van der Waals surface area contributed by atoms with Crippen molar-refractivity contribution >= 4 is 35.0 Å². The standard InChI is InChI=1S/C12H7Cl2F3N2S/c13-8-3-1-7(2-4-8)6-20-10-5-9(12(15,16)17)18-11(14)19-10/h1-5H,6H2. The molecule has 20 heavy (non-hydrogen) atoms. The summed E-state index contributed by atoms with van der Waals surface area (Å²) in [6, 6.07) is 7.90. The average molecular weight is 339 g/mol. The zero-order chi connectivity index (χ0) is 14.8. The number of hydrogen-bond donors (Lipinski definition) is 0.